The van der Waals surface area contributed by atoms with Crippen molar-refractivity contribution in [3.63, 3.8) is 0 Å². The fourth-order valence-corrected chi connectivity index (χ4v) is 4.80. The maximum absolute atomic E-state index is 12.8. The summed E-state index contributed by atoms with van der Waals surface area (Å²) < 4.78 is 0. The first-order valence-electron chi connectivity index (χ1n) is 8.35. The molecule has 2 aliphatic rings. The maximum Gasteiger partial charge on any atom is 0.273 e. The van der Waals surface area contributed by atoms with Crippen LogP contribution in [0.1, 0.15) is 36.2 Å². The number of rotatable bonds is 3. The highest BCUT2D eigenvalue weighted by Crippen LogP contribution is 2.31. The lowest BCUT2D eigenvalue weighted by atomic mass is 9.98. The molecule has 126 valence electrons. The molecular weight excluding hydrogens is 342 g/mol. The van der Waals surface area contributed by atoms with Gasteiger partial charge in [-0.25, -0.2) is 4.98 Å². The molecular formula is C18H20ClN3OS. The number of halogens is 1. The molecule has 1 N–H and O–H groups in total. The quantitative estimate of drug-likeness (QED) is 0.903. The van der Waals surface area contributed by atoms with E-state index in [-0.39, 0.29) is 5.91 Å². The van der Waals surface area contributed by atoms with Gasteiger partial charge in [0.1, 0.15) is 10.7 Å². The van der Waals surface area contributed by atoms with Crippen molar-refractivity contribution in [3.8, 4) is 10.6 Å². The van der Waals surface area contributed by atoms with Crippen molar-refractivity contribution in [2.75, 3.05) is 7.05 Å². The van der Waals surface area contributed by atoms with Gasteiger partial charge in [-0.3, -0.25) is 4.79 Å². The molecule has 2 aliphatic heterocycles. The second-order valence-electron chi connectivity index (χ2n) is 6.73. The van der Waals surface area contributed by atoms with Crippen LogP contribution in [-0.4, -0.2) is 41.0 Å². The fourth-order valence-electron chi connectivity index (χ4n) is 3.82. The monoisotopic (exact) mass is 361 g/mol. The van der Waals surface area contributed by atoms with E-state index in [1.54, 1.807) is 0 Å². The van der Waals surface area contributed by atoms with Crippen LogP contribution in [-0.2, 0) is 0 Å². The van der Waals surface area contributed by atoms with Crippen LogP contribution in [0.4, 0.5) is 0 Å². The molecule has 0 saturated carbocycles. The Morgan fingerprint density at radius 3 is 2.79 bits per heavy atom. The van der Waals surface area contributed by atoms with E-state index in [0.29, 0.717) is 28.8 Å². The van der Waals surface area contributed by atoms with Crippen LogP contribution in [0, 0.1) is 0 Å². The Balaban J connectivity index is 1.50. The normalized spacial score (nSPS) is 25.7. The lowest BCUT2D eigenvalue weighted by molar-refractivity contribution is 0.0676. The maximum atomic E-state index is 12.8. The van der Waals surface area contributed by atoms with E-state index in [9.17, 15) is 4.79 Å². The van der Waals surface area contributed by atoms with Gasteiger partial charge in [0.2, 0.25) is 0 Å². The number of hydrogen-bond donors (Lipinski definition) is 1. The number of carbonyl (C=O) groups is 1. The van der Waals surface area contributed by atoms with Gasteiger partial charge in [0.05, 0.1) is 0 Å². The largest absolute Gasteiger partial charge is 0.337 e. The number of piperidine rings is 1. The molecule has 24 heavy (non-hydrogen) atoms. The minimum atomic E-state index is 0.0193. The Morgan fingerprint density at radius 2 is 2.08 bits per heavy atom. The zero-order chi connectivity index (χ0) is 16.7. The minimum Gasteiger partial charge on any atom is -0.337 e. The lowest BCUT2D eigenvalue weighted by Crippen LogP contribution is -2.48. The van der Waals surface area contributed by atoms with Crippen LogP contribution < -0.4 is 5.32 Å². The van der Waals surface area contributed by atoms with E-state index in [1.165, 1.54) is 24.2 Å². The van der Waals surface area contributed by atoms with E-state index < -0.39 is 0 Å². The number of benzene rings is 1. The van der Waals surface area contributed by atoms with Crippen molar-refractivity contribution in [1.29, 1.82) is 0 Å². The third-order valence-corrected chi connectivity index (χ3v) is 6.24. The molecule has 2 unspecified atom stereocenters. The van der Waals surface area contributed by atoms with Crippen LogP contribution >= 0.6 is 22.9 Å². The Kier molecular flexibility index (Phi) is 4.33. The van der Waals surface area contributed by atoms with E-state index in [4.69, 9.17) is 11.6 Å². The van der Waals surface area contributed by atoms with Gasteiger partial charge in [-0.1, -0.05) is 23.7 Å². The Bertz CT molecular complexity index is 750. The predicted molar refractivity (Wildman–Crippen MR) is 97.6 cm³/mol. The van der Waals surface area contributed by atoms with Crippen LogP contribution in [0.3, 0.4) is 0 Å². The van der Waals surface area contributed by atoms with Crippen molar-refractivity contribution in [2.45, 2.75) is 43.8 Å². The zero-order valence-electron chi connectivity index (χ0n) is 13.5. The van der Waals surface area contributed by atoms with Crippen molar-refractivity contribution in [1.82, 2.24) is 15.2 Å². The molecule has 4 nitrogen and oxygen atoms in total. The van der Waals surface area contributed by atoms with Gasteiger partial charge in [0.15, 0.2) is 0 Å². The number of thiazole rings is 1. The molecule has 1 amide bonds. The summed E-state index contributed by atoms with van der Waals surface area (Å²) in [6.45, 7) is 0. The SMILES string of the molecule is CN(C(=O)c1csc(-c2cccc(Cl)c2)n1)C1CC2CCC(C1)N2. The summed E-state index contributed by atoms with van der Waals surface area (Å²) in [4.78, 5) is 19.2. The smallest absolute Gasteiger partial charge is 0.273 e. The van der Waals surface area contributed by atoms with Gasteiger partial charge in [-0.2, -0.15) is 0 Å². The Hall–Kier alpha value is -1.43. The number of nitrogens with one attached hydrogen (secondary N) is 1. The second-order valence-corrected chi connectivity index (χ2v) is 8.02. The summed E-state index contributed by atoms with van der Waals surface area (Å²) in [5.41, 5.74) is 1.48. The first-order valence-corrected chi connectivity index (χ1v) is 9.60. The van der Waals surface area contributed by atoms with Gasteiger partial charge < -0.3 is 10.2 Å². The first kappa shape index (κ1) is 16.1. The number of fused-ring (bicyclic) bond motifs is 2. The standard InChI is InChI=1S/C18H20ClN3OS/c1-22(15-8-13-5-6-14(9-15)20-13)18(23)16-10-24-17(21-16)11-3-2-4-12(19)7-11/h2-4,7,10,13-15,20H,5-6,8-9H2,1H3. The highest BCUT2D eigenvalue weighted by Gasteiger charge is 2.36. The van der Waals surface area contributed by atoms with Gasteiger partial charge >= 0.3 is 0 Å². The summed E-state index contributed by atoms with van der Waals surface area (Å²) in [6.07, 6.45) is 4.56. The Morgan fingerprint density at radius 1 is 1.33 bits per heavy atom. The first-order chi connectivity index (χ1) is 11.6. The van der Waals surface area contributed by atoms with Gasteiger partial charge in [-0.05, 0) is 37.8 Å². The molecule has 0 spiro atoms. The number of amides is 1. The molecule has 6 heteroatoms. The highest BCUT2D eigenvalue weighted by molar-refractivity contribution is 7.13. The second kappa shape index (κ2) is 6.47. The van der Waals surface area contributed by atoms with E-state index in [1.807, 2.05) is 41.6 Å². The zero-order valence-corrected chi connectivity index (χ0v) is 15.1. The third kappa shape index (κ3) is 3.08. The van der Waals surface area contributed by atoms with Crippen molar-refractivity contribution < 1.29 is 4.79 Å². The lowest BCUT2D eigenvalue weighted by Gasteiger charge is -2.35. The topological polar surface area (TPSA) is 45.2 Å². The van der Waals surface area contributed by atoms with Crippen molar-refractivity contribution >= 4 is 28.8 Å². The summed E-state index contributed by atoms with van der Waals surface area (Å²) in [5, 5.41) is 6.98. The molecule has 2 aromatic rings. The average molecular weight is 362 g/mol. The molecule has 0 radical (unpaired) electrons. The summed E-state index contributed by atoms with van der Waals surface area (Å²) >= 11 is 7.53. The molecule has 0 aliphatic carbocycles. The van der Waals surface area contributed by atoms with Crippen molar-refractivity contribution in [2.24, 2.45) is 0 Å². The molecule has 2 fully saturated rings. The average Bonchev–Trinajstić information content (AvgIpc) is 3.20. The molecule has 1 aromatic heterocycles. The van der Waals surface area contributed by atoms with Gasteiger partial charge in [-0.15, -0.1) is 11.3 Å². The number of hydrogen-bond acceptors (Lipinski definition) is 4. The number of aromatic nitrogens is 1. The third-order valence-electron chi connectivity index (χ3n) is 5.11. The summed E-state index contributed by atoms with van der Waals surface area (Å²) in [5.74, 6) is 0.0193. The molecule has 1 aromatic carbocycles. The molecule has 2 bridgehead atoms. The fraction of sp³-hybridized carbons (Fsp3) is 0.444. The predicted octanol–water partition coefficient (Wildman–Crippen LogP) is 3.82. The number of nitrogens with zero attached hydrogens (tertiary/aromatic N) is 2. The number of carbonyl (C=O) groups excluding carboxylic acids is 1. The minimum absolute atomic E-state index is 0.0193. The van der Waals surface area contributed by atoms with E-state index >= 15 is 0 Å². The molecule has 3 heterocycles. The van der Waals surface area contributed by atoms with Gasteiger partial charge in [0.25, 0.3) is 5.91 Å². The summed E-state index contributed by atoms with van der Waals surface area (Å²) in [6, 6.07) is 9.03. The van der Waals surface area contributed by atoms with Crippen LogP contribution in [0.2, 0.25) is 5.02 Å². The van der Waals surface area contributed by atoms with E-state index in [2.05, 4.69) is 10.3 Å². The van der Waals surface area contributed by atoms with Gasteiger partial charge in [0, 0.05) is 41.1 Å². The Labute approximate surface area is 150 Å². The molecule has 2 atom stereocenters. The van der Waals surface area contributed by atoms with Crippen LogP contribution in [0.25, 0.3) is 10.6 Å². The van der Waals surface area contributed by atoms with Crippen LogP contribution in [0.5, 0.6) is 0 Å². The molecule has 4 rings (SSSR count). The molecule has 2 saturated heterocycles. The highest BCUT2D eigenvalue weighted by atomic mass is 35.5. The van der Waals surface area contributed by atoms with Crippen molar-refractivity contribution in [3.05, 3.63) is 40.4 Å². The van der Waals surface area contributed by atoms with Crippen LogP contribution in [0.15, 0.2) is 29.6 Å². The summed E-state index contributed by atoms with van der Waals surface area (Å²) in [7, 11) is 1.91. The van der Waals surface area contributed by atoms with E-state index in [0.717, 1.165) is 23.4 Å².